The summed E-state index contributed by atoms with van der Waals surface area (Å²) in [6.07, 6.45) is -0.371. The quantitative estimate of drug-likeness (QED) is 0.613. The molecule has 1 amide bonds. The van der Waals surface area contributed by atoms with Gasteiger partial charge in [-0.15, -0.1) is 0 Å². The van der Waals surface area contributed by atoms with Crippen LogP contribution in [0.15, 0.2) is 18.2 Å². The van der Waals surface area contributed by atoms with Gasteiger partial charge in [0.1, 0.15) is 5.69 Å². The smallest absolute Gasteiger partial charge is 0.269 e. The van der Waals surface area contributed by atoms with Crippen molar-refractivity contribution in [3.63, 3.8) is 0 Å². The molecule has 17 heavy (non-hydrogen) atoms. The van der Waals surface area contributed by atoms with Gasteiger partial charge in [0.25, 0.3) is 5.91 Å². The zero-order valence-electron chi connectivity index (χ0n) is 10.2. The number of pyridine rings is 1. The minimum Gasteiger partial charge on any atom is -0.392 e. The van der Waals surface area contributed by atoms with E-state index >= 15 is 0 Å². The highest BCUT2D eigenvalue weighted by Gasteiger charge is 2.05. The summed E-state index contributed by atoms with van der Waals surface area (Å²) in [6, 6.07) is 5.34. The first-order valence-corrected chi connectivity index (χ1v) is 5.70. The lowest BCUT2D eigenvalue weighted by Crippen LogP contribution is -2.34. The molecule has 0 saturated heterocycles. The van der Waals surface area contributed by atoms with Crippen LogP contribution in [-0.2, 0) is 0 Å². The molecule has 1 aromatic heterocycles. The predicted molar refractivity (Wildman–Crippen MR) is 65.9 cm³/mol. The Balaban J connectivity index is 2.26. The van der Waals surface area contributed by atoms with Gasteiger partial charge < -0.3 is 15.7 Å². The number of aliphatic hydroxyl groups excluding tert-OH is 1. The van der Waals surface area contributed by atoms with Crippen LogP contribution < -0.4 is 10.6 Å². The molecule has 3 N–H and O–H groups in total. The lowest BCUT2D eigenvalue weighted by molar-refractivity contribution is 0.0948. The Bertz CT molecular complexity index is 367. The summed E-state index contributed by atoms with van der Waals surface area (Å²) in [4.78, 5) is 15.8. The molecular weight excluding hydrogens is 218 g/mol. The third-order valence-electron chi connectivity index (χ3n) is 2.15. The van der Waals surface area contributed by atoms with E-state index in [1.807, 2.05) is 19.1 Å². The lowest BCUT2D eigenvalue weighted by Gasteiger charge is -2.08. The van der Waals surface area contributed by atoms with Crippen LogP contribution in [0.3, 0.4) is 0 Å². The molecule has 0 aliphatic carbocycles. The molecule has 0 spiro atoms. The molecule has 0 aliphatic heterocycles. The molecule has 1 heterocycles. The fourth-order valence-electron chi connectivity index (χ4n) is 1.34. The number of aliphatic hydroxyl groups is 1. The normalized spacial score (nSPS) is 12.2. The first kappa shape index (κ1) is 13.6. The van der Waals surface area contributed by atoms with E-state index in [1.165, 1.54) is 0 Å². The number of rotatable bonds is 6. The van der Waals surface area contributed by atoms with Crippen LogP contribution >= 0.6 is 0 Å². The average Bonchev–Trinajstić information content (AvgIpc) is 2.28. The fraction of sp³-hybridized carbons (Fsp3) is 0.500. The second kappa shape index (κ2) is 6.98. The Labute approximate surface area is 101 Å². The van der Waals surface area contributed by atoms with Gasteiger partial charge in [0.2, 0.25) is 0 Å². The van der Waals surface area contributed by atoms with Gasteiger partial charge in [-0.2, -0.15) is 0 Å². The lowest BCUT2D eigenvalue weighted by atomic mass is 10.3. The van der Waals surface area contributed by atoms with Crippen molar-refractivity contribution in [2.45, 2.75) is 20.0 Å². The van der Waals surface area contributed by atoms with Crippen LogP contribution in [0.2, 0.25) is 0 Å². The topological polar surface area (TPSA) is 74.2 Å². The second-order valence-electron chi connectivity index (χ2n) is 3.97. The largest absolute Gasteiger partial charge is 0.392 e. The molecule has 0 fully saturated rings. The van der Waals surface area contributed by atoms with Crippen LogP contribution in [0.25, 0.3) is 0 Å². The summed E-state index contributed by atoms with van der Waals surface area (Å²) in [7, 11) is 0. The van der Waals surface area contributed by atoms with Crippen LogP contribution in [0.5, 0.6) is 0 Å². The summed E-state index contributed by atoms with van der Waals surface area (Å²) < 4.78 is 0. The molecule has 0 aromatic carbocycles. The van der Waals surface area contributed by atoms with Crippen molar-refractivity contribution in [1.29, 1.82) is 0 Å². The van der Waals surface area contributed by atoms with Gasteiger partial charge in [0.15, 0.2) is 0 Å². The van der Waals surface area contributed by atoms with E-state index in [4.69, 9.17) is 5.11 Å². The van der Waals surface area contributed by atoms with Gasteiger partial charge in [-0.05, 0) is 26.0 Å². The molecule has 1 aromatic rings. The van der Waals surface area contributed by atoms with Crippen LogP contribution in [0, 0.1) is 6.92 Å². The van der Waals surface area contributed by atoms with Crippen molar-refractivity contribution in [2.75, 3.05) is 19.6 Å². The van der Waals surface area contributed by atoms with Gasteiger partial charge >= 0.3 is 0 Å². The zero-order chi connectivity index (χ0) is 12.7. The number of aromatic nitrogens is 1. The first-order valence-electron chi connectivity index (χ1n) is 5.70. The maximum atomic E-state index is 11.6. The monoisotopic (exact) mass is 237 g/mol. The standard InChI is InChI=1S/C12H19N3O2/c1-9-4-3-5-11(15-9)12(17)14-7-6-13-8-10(2)16/h3-5,10,13,16H,6-8H2,1-2H3,(H,14,17). The molecule has 1 atom stereocenters. The Hall–Kier alpha value is -1.46. The molecule has 0 aliphatic rings. The van der Waals surface area contributed by atoms with E-state index in [0.717, 1.165) is 5.69 Å². The molecule has 94 valence electrons. The summed E-state index contributed by atoms with van der Waals surface area (Å²) in [5.74, 6) is -0.174. The number of aryl methyl sites for hydroxylation is 1. The third-order valence-corrected chi connectivity index (χ3v) is 2.15. The van der Waals surface area contributed by atoms with Gasteiger partial charge in [-0.1, -0.05) is 6.07 Å². The van der Waals surface area contributed by atoms with E-state index < -0.39 is 0 Å². The van der Waals surface area contributed by atoms with Crippen molar-refractivity contribution in [3.05, 3.63) is 29.6 Å². The molecule has 0 radical (unpaired) electrons. The molecule has 1 rings (SSSR count). The highest BCUT2D eigenvalue weighted by molar-refractivity contribution is 5.92. The van der Waals surface area contributed by atoms with Gasteiger partial charge in [-0.3, -0.25) is 4.79 Å². The molecule has 5 nitrogen and oxygen atoms in total. The van der Waals surface area contributed by atoms with E-state index in [1.54, 1.807) is 13.0 Å². The zero-order valence-corrected chi connectivity index (χ0v) is 10.2. The Morgan fingerprint density at radius 3 is 2.88 bits per heavy atom. The summed E-state index contributed by atoms with van der Waals surface area (Å²) >= 11 is 0. The maximum Gasteiger partial charge on any atom is 0.269 e. The number of hydrogen-bond acceptors (Lipinski definition) is 4. The van der Waals surface area contributed by atoms with Crippen molar-refractivity contribution in [2.24, 2.45) is 0 Å². The average molecular weight is 237 g/mol. The number of carbonyl (C=O) groups excluding carboxylic acids is 1. The van der Waals surface area contributed by atoms with Crippen LogP contribution in [-0.4, -0.2) is 41.7 Å². The van der Waals surface area contributed by atoms with E-state index in [9.17, 15) is 4.79 Å². The number of hydrogen-bond donors (Lipinski definition) is 3. The molecule has 5 heteroatoms. The van der Waals surface area contributed by atoms with Crippen molar-refractivity contribution < 1.29 is 9.90 Å². The summed E-state index contributed by atoms with van der Waals surface area (Å²) in [5, 5.41) is 14.8. The number of amides is 1. The number of carbonyl (C=O) groups is 1. The second-order valence-corrected chi connectivity index (χ2v) is 3.97. The third kappa shape index (κ3) is 5.42. The SMILES string of the molecule is Cc1cccc(C(=O)NCCNCC(C)O)n1. The molecular formula is C12H19N3O2. The van der Waals surface area contributed by atoms with Crippen molar-refractivity contribution in [3.8, 4) is 0 Å². The van der Waals surface area contributed by atoms with Crippen LogP contribution in [0.4, 0.5) is 0 Å². The van der Waals surface area contributed by atoms with Gasteiger partial charge in [0.05, 0.1) is 6.10 Å². The van der Waals surface area contributed by atoms with Gasteiger partial charge in [0, 0.05) is 25.3 Å². The van der Waals surface area contributed by atoms with Crippen molar-refractivity contribution in [1.82, 2.24) is 15.6 Å². The minimum atomic E-state index is -0.371. The van der Waals surface area contributed by atoms with E-state index in [0.29, 0.717) is 25.3 Å². The fourth-order valence-corrected chi connectivity index (χ4v) is 1.34. The molecule has 0 bridgehead atoms. The summed E-state index contributed by atoms with van der Waals surface area (Å²) in [6.45, 7) is 5.23. The minimum absolute atomic E-state index is 0.174. The highest BCUT2D eigenvalue weighted by Crippen LogP contribution is 1.97. The number of nitrogens with one attached hydrogen (secondary N) is 2. The Kier molecular flexibility index (Phi) is 5.59. The Morgan fingerprint density at radius 1 is 1.47 bits per heavy atom. The predicted octanol–water partition coefficient (Wildman–Crippen LogP) is 0.0902. The number of nitrogens with zero attached hydrogens (tertiary/aromatic N) is 1. The van der Waals surface area contributed by atoms with Crippen LogP contribution in [0.1, 0.15) is 23.1 Å². The first-order chi connectivity index (χ1) is 8.09. The molecule has 1 unspecified atom stereocenters. The highest BCUT2D eigenvalue weighted by atomic mass is 16.3. The van der Waals surface area contributed by atoms with E-state index in [-0.39, 0.29) is 12.0 Å². The van der Waals surface area contributed by atoms with Gasteiger partial charge in [-0.25, -0.2) is 4.98 Å². The Morgan fingerprint density at radius 2 is 2.24 bits per heavy atom. The van der Waals surface area contributed by atoms with E-state index in [2.05, 4.69) is 15.6 Å². The maximum absolute atomic E-state index is 11.6. The van der Waals surface area contributed by atoms with Crippen molar-refractivity contribution >= 4 is 5.91 Å². The summed E-state index contributed by atoms with van der Waals surface area (Å²) in [5.41, 5.74) is 1.26. The molecule has 0 saturated carbocycles.